The molecule has 0 spiro atoms. The Bertz CT molecular complexity index is 813. The Labute approximate surface area is 162 Å². The van der Waals surface area contributed by atoms with Crippen LogP contribution in [0.25, 0.3) is 0 Å². The van der Waals surface area contributed by atoms with Gasteiger partial charge in [-0.2, -0.15) is 0 Å². The molecule has 2 bridgehead atoms. The van der Waals surface area contributed by atoms with Gasteiger partial charge in [-0.15, -0.1) is 0 Å². The summed E-state index contributed by atoms with van der Waals surface area (Å²) in [5.74, 6) is -2.96. The minimum atomic E-state index is -0.818. The second-order valence-corrected chi connectivity index (χ2v) is 8.08. The SMILES string of the molecule is CC(=O)OC1C2OC(=O)C3C2OC1C3C(=O)OC1(c2ccccc2)CCCC1. The minimum Gasteiger partial charge on any atom is -0.456 e. The van der Waals surface area contributed by atoms with Crippen molar-refractivity contribution in [2.45, 2.75) is 62.6 Å². The summed E-state index contributed by atoms with van der Waals surface area (Å²) in [7, 11) is 0. The summed E-state index contributed by atoms with van der Waals surface area (Å²) in [4.78, 5) is 37.1. The van der Waals surface area contributed by atoms with Crippen LogP contribution >= 0.6 is 0 Å². The third kappa shape index (κ3) is 2.49. The van der Waals surface area contributed by atoms with Crippen molar-refractivity contribution in [2.75, 3.05) is 0 Å². The van der Waals surface area contributed by atoms with E-state index in [1.54, 1.807) is 0 Å². The topological polar surface area (TPSA) is 88.1 Å². The number of esters is 3. The monoisotopic (exact) mass is 386 g/mol. The van der Waals surface area contributed by atoms with Gasteiger partial charge in [0.2, 0.25) is 0 Å². The number of benzene rings is 1. The molecule has 28 heavy (non-hydrogen) atoms. The van der Waals surface area contributed by atoms with E-state index < -0.39 is 59.8 Å². The average Bonchev–Trinajstić information content (AvgIpc) is 3.40. The third-order valence-corrected chi connectivity index (χ3v) is 6.49. The fraction of sp³-hybridized carbons (Fsp3) is 0.571. The number of ether oxygens (including phenoxy) is 4. The van der Waals surface area contributed by atoms with Gasteiger partial charge in [0.15, 0.2) is 12.2 Å². The predicted octanol–water partition coefficient (Wildman–Crippen LogP) is 1.87. The zero-order valence-corrected chi connectivity index (χ0v) is 15.5. The van der Waals surface area contributed by atoms with Crippen molar-refractivity contribution in [3.63, 3.8) is 0 Å². The summed E-state index contributed by atoms with van der Waals surface area (Å²) in [5.41, 5.74) is 0.285. The van der Waals surface area contributed by atoms with E-state index in [-0.39, 0.29) is 0 Å². The molecule has 3 heterocycles. The van der Waals surface area contributed by atoms with E-state index in [1.165, 1.54) is 6.92 Å². The lowest BCUT2D eigenvalue weighted by Crippen LogP contribution is -2.49. The highest BCUT2D eigenvalue weighted by Gasteiger charge is 2.72. The van der Waals surface area contributed by atoms with E-state index >= 15 is 0 Å². The number of carbonyl (C=O) groups excluding carboxylic acids is 3. The normalized spacial score (nSPS) is 37.0. The highest BCUT2D eigenvalue weighted by molar-refractivity contribution is 5.87. The Hall–Kier alpha value is -2.41. The molecule has 3 aliphatic heterocycles. The van der Waals surface area contributed by atoms with Gasteiger partial charge in [-0.3, -0.25) is 14.4 Å². The van der Waals surface area contributed by atoms with Crippen molar-refractivity contribution < 1.29 is 33.3 Å². The first-order valence-electron chi connectivity index (χ1n) is 9.82. The van der Waals surface area contributed by atoms with E-state index in [2.05, 4.69) is 0 Å². The van der Waals surface area contributed by atoms with E-state index in [4.69, 9.17) is 18.9 Å². The summed E-state index contributed by atoms with van der Waals surface area (Å²) in [6.45, 7) is 1.29. The van der Waals surface area contributed by atoms with Crippen LogP contribution in [-0.4, -0.2) is 42.3 Å². The van der Waals surface area contributed by atoms with Gasteiger partial charge in [-0.1, -0.05) is 30.3 Å². The molecule has 1 saturated carbocycles. The van der Waals surface area contributed by atoms with E-state index in [0.717, 1.165) is 31.2 Å². The van der Waals surface area contributed by atoms with Gasteiger partial charge in [-0.05, 0) is 31.2 Å². The predicted molar refractivity (Wildman–Crippen MR) is 93.8 cm³/mol. The van der Waals surface area contributed by atoms with Gasteiger partial charge in [0.05, 0.1) is 0 Å². The Balaban J connectivity index is 1.43. The van der Waals surface area contributed by atoms with Gasteiger partial charge in [0.25, 0.3) is 0 Å². The van der Waals surface area contributed by atoms with Crippen LogP contribution in [0.15, 0.2) is 30.3 Å². The first-order valence-corrected chi connectivity index (χ1v) is 9.82. The van der Waals surface area contributed by atoms with Gasteiger partial charge in [0.1, 0.15) is 29.6 Å². The van der Waals surface area contributed by atoms with Crippen LogP contribution in [0.3, 0.4) is 0 Å². The fourth-order valence-electron chi connectivity index (χ4n) is 5.33. The largest absolute Gasteiger partial charge is 0.456 e. The molecule has 0 N–H and O–H groups in total. The van der Waals surface area contributed by atoms with Crippen molar-refractivity contribution in [3.05, 3.63) is 35.9 Å². The zero-order chi connectivity index (χ0) is 19.5. The molecular formula is C21H22O7. The lowest BCUT2D eigenvalue weighted by molar-refractivity contribution is -0.173. The molecule has 6 unspecified atom stereocenters. The van der Waals surface area contributed by atoms with Crippen LogP contribution in [0.5, 0.6) is 0 Å². The number of hydrogen-bond acceptors (Lipinski definition) is 7. The number of carbonyl (C=O) groups is 3. The second-order valence-electron chi connectivity index (χ2n) is 8.08. The Morgan fingerprint density at radius 3 is 2.46 bits per heavy atom. The highest BCUT2D eigenvalue weighted by atomic mass is 16.7. The van der Waals surface area contributed by atoms with Crippen LogP contribution in [0.4, 0.5) is 0 Å². The Morgan fingerprint density at radius 1 is 1.07 bits per heavy atom. The quantitative estimate of drug-likeness (QED) is 0.577. The molecule has 0 amide bonds. The molecule has 1 aliphatic carbocycles. The maximum atomic E-state index is 13.3. The van der Waals surface area contributed by atoms with Crippen LogP contribution in [0.1, 0.15) is 38.2 Å². The molecule has 7 nitrogen and oxygen atoms in total. The van der Waals surface area contributed by atoms with Gasteiger partial charge in [0, 0.05) is 6.92 Å². The zero-order valence-electron chi connectivity index (χ0n) is 15.5. The molecule has 3 saturated heterocycles. The molecule has 4 aliphatic rings. The average molecular weight is 386 g/mol. The van der Waals surface area contributed by atoms with E-state index in [9.17, 15) is 14.4 Å². The molecule has 1 aromatic carbocycles. The smallest absolute Gasteiger partial charge is 0.313 e. The number of rotatable bonds is 4. The lowest BCUT2D eigenvalue weighted by Gasteiger charge is -2.33. The Morgan fingerprint density at radius 2 is 1.79 bits per heavy atom. The van der Waals surface area contributed by atoms with Crippen molar-refractivity contribution in [2.24, 2.45) is 11.8 Å². The molecule has 0 radical (unpaired) electrons. The second kappa shape index (κ2) is 6.30. The molecule has 5 rings (SSSR count). The molecular weight excluding hydrogens is 364 g/mol. The van der Waals surface area contributed by atoms with Crippen molar-refractivity contribution in [3.8, 4) is 0 Å². The summed E-state index contributed by atoms with van der Waals surface area (Å²) in [6, 6.07) is 9.73. The first-order chi connectivity index (χ1) is 13.5. The summed E-state index contributed by atoms with van der Waals surface area (Å²) >= 11 is 0. The molecule has 4 fully saturated rings. The van der Waals surface area contributed by atoms with Gasteiger partial charge >= 0.3 is 17.9 Å². The fourth-order valence-corrected chi connectivity index (χ4v) is 5.33. The van der Waals surface area contributed by atoms with Crippen LogP contribution < -0.4 is 0 Å². The first kappa shape index (κ1) is 17.7. The van der Waals surface area contributed by atoms with Gasteiger partial charge < -0.3 is 18.9 Å². The van der Waals surface area contributed by atoms with Crippen molar-refractivity contribution in [1.29, 1.82) is 0 Å². The van der Waals surface area contributed by atoms with Gasteiger partial charge in [-0.25, -0.2) is 0 Å². The third-order valence-electron chi connectivity index (χ3n) is 6.49. The van der Waals surface area contributed by atoms with E-state index in [0.29, 0.717) is 0 Å². The minimum absolute atomic E-state index is 0.474. The van der Waals surface area contributed by atoms with Crippen molar-refractivity contribution >= 4 is 17.9 Å². The summed E-state index contributed by atoms with van der Waals surface area (Å²) in [6.07, 6.45) is 0.764. The summed E-state index contributed by atoms with van der Waals surface area (Å²) < 4.78 is 22.7. The maximum absolute atomic E-state index is 13.3. The van der Waals surface area contributed by atoms with Crippen LogP contribution in [0.2, 0.25) is 0 Å². The molecule has 148 valence electrons. The summed E-state index contributed by atoms with van der Waals surface area (Å²) in [5, 5.41) is 0. The lowest BCUT2D eigenvalue weighted by atomic mass is 9.78. The Kier molecular flexibility index (Phi) is 3.98. The number of hydrogen-bond donors (Lipinski definition) is 0. The standard InChI is InChI=1S/C21H22O7/c1-11(22)25-17-16-14(13-15(26-16)18(17)27-19(13)23)20(24)28-21(9-5-6-10-21)12-7-3-2-4-8-12/h2-4,7-8,13-18H,5-6,9-10H2,1H3. The van der Waals surface area contributed by atoms with Crippen molar-refractivity contribution in [1.82, 2.24) is 0 Å². The molecule has 7 heteroatoms. The maximum Gasteiger partial charge on any atom is 0.313 e. The van der Waals surface area contributed by atoms with Crippen LogP contribution in [-0.2, 0) is 38.9 Å². The van der Waals surface area contributed by atoms with E-state index in [1.807, 2.05) is 30.3 Å². The number of fused-ring (bicyclic) bond motifs is 1. The molecule has 6 atom stereocenters. The highest BCUT2D eigenvalue weighted by Crippen LogP contribution is 2.52. The molecule has 1 aromatic rings. The molecule has 0 aromatic heterocycles. The van der Waals surface area contributed by atoms with Crippen LogP contribution in [0, 0.1) is 11.8 Å².